The van der Waals surface area contributed by atoms with Crippen molar-refractivity contribution in [1.82, 2.24) is 5.32 Å². The molecule has 1 amide bonds. The lowest BCUT2D eigenvalue weighted by molar-refractivity contribution is 0.0977. The van der Waals surface area contributed by atoms with E-state index >= 15 is 0 Å². The normalized spacial score (nSPS) is 10.3. The van der Waals surface area contributed by atoms with Gasteiger partial charge in [-0.3, -0.25) is 10.1 Å². The van der Waals surface area contributed by atoms with Gasteiger partial charge in [0.25, 0.3) is 5.91 Å². The van der Waals surface area contributed by atoms with Crippen LogP contribution in [0.1, 0.15) is 17.3 Å². The lowest BCUT2D eigenvalue weighted by Crippen LogP contribution is -2.34. The van der Waals surface area contributed by atoms with E-state index in [1.165, 1.54) is 0 Å². The maximum absolute atomic E-state index is 12.2. The summed E-state index contributed by atoms with van der Waals surface area (Å²) in [6.07, 6.45) is 0. The first-order valence-corrected chi connectivity index (χ1v) is 9.04. The SMILES string of the molecule is CCOCCOc1ccc(C(=O)NC(=S)Nc2ccc(Cl)c(Cl)c2)cc1. The summed E-state index contributed by atoms with van der Waals surface area (Å²) < 4.78 is 10.7. The molecule has 0 saturated carbocycles. The van der Waals surface area contributed by atoms with E-state index in [-0.39, 0.29) is 11.0 Å². The molecule has 2 rings (SSSR count). The predicted molar refractivity (Wildman–Crippen MR) is 109 cm³/mol. The second-order valence-electron chi connectivity index (χ2n) is 5.11. The van der Waals surface area contributed by atoms with Crippen LogP contribution in [0, 0.1) is 0 Å². The van der Waals surface area contributed by atoms with E-state index in [9.17, 15) is 4.79 Å². The van der Waals surface area contributed by atoms with Crippen LogP contribution >= 0.6 is 35.4 Å². The number of thiocarbonyl (C=S) groups is 1. The summed E-state index contributed by atoms with van der Waals surface area (Å²) in [4.78, 5) is 12.2. The average molecular weight is 413 g/mol. The van der Waals surface area contributed by atoms with Crippen molar-refractivity contribution in [2.45, 2.75) is 6.92 Å². The van der Waals surface area contributed by atoms with Gasteiger partial charge in [0.05, 0.1) is 16.7 Å². The van der Waals surface area contributed by atoms with Gasteiger partial charge in [0.2, 0.25) is 0 Å². The van der Waals surface area contributed by atoms with E-state index in [1.807, 2.05) is 6.92 Å². The second kappa shape index (κ2) is 10.3. The molecule has 0 heterocycles. The third-order valence-electron chi connectivity index (χ3n) is 3.22. The largest absolute Gasteiger partial charge is 0.491 e. The third-order valence-corrected chi connectivity index (χ3v) is 4.16. The lowest BCUT2D eigenvalue weighted by Gasteiger charge is -2.11. The van der Waals surface area contributed by atoms with Crippen LogP contribution in [-0.2, 0) is 4.74 Å². The van der Waals surface area contributed by atoms with E-state index in [1.54, 1.807) is 42.5 Å². The highest BCUT2D eigenvalue weighted by Gasteiger charge is 2.09. The number of carbonyl (C=O) groups is 1. The molecule has 0 spiro atoms. The van der Waals surface area contributed by atoms with Gasteiger partial charge in [-0.1, -0.05) is 23.2 Å². The van der Waals surface area contributed by atoms with Crippen molar-refractivity contribution in [2.75, 3.05) is 25.1 Å². The zero-order valence-electron chi connectivity index (χ0n) is 14.1. The van der Waals surface area contributed by atoms with Crippen LogP contribution in [-0.4, -0.2) is 30.8 Å². The fourth-order valence-corrected chi connectivity index (χ4v) is 2.49. The highest BCUT2D eigenvalue weighted by Crippen LogP contribution is 2.24. The highest BCUT2D eigenvalue weighted by molar-refractivity contribution is 7.80. The molecule has 0 aliphatic carbocycles. The molecule has 2 aromatic carbocycles. The van der Waals surface area contributed by atoms with Gasteiger partial charge in [0, 0.05) is 17.9 Å². The zero-order chi connectivity index (χ0) is 18.9. The van der Waals surface area contributed by atoms with E-state index in [0.29, 0.717) is 46.9 Å². The van der Waals surface area contributed by atoms with Crippen LogP contribution in [0.3, 0.4) is 0 Å². The van der Waals surface area contributed by atoms with Crippen LogP contribution in [0.25, 0.3) is 0 Å². The maximum Gasteiger partial charge on any atom is 0.257 e. The van der Waals surface area contributed by atoms with Gasteiger partial charge in [-0.25, -0.2) is 0 Å². The van der Waals surface area contributed by atoms with Crippen molar-refractivity contribution in [3.8, 4) is 5.75 Å². The van der Waals surface area contributed by atoms with Gasteiger partial charge in [-0.15, -0.1) is 0 Å². The summed E-state index contributed by atoms with van der Waals surface area (Å²) in [6, 6.07) is 11.7. The quantitative estimate of drug-likeness (QED) is 0.516. The Labute approximate surface area is 167 Å². The topological polar surface area (TPSA) is 59.6 Å². The van der Waals surface area contributed by atoms with E-state index in [2.05, 4.69) is 10.6 Å². The highest BCUT2D eigenvalue weighted by atomic mass is 35.5. The number of anilines is 1. The first-order valence-electron chi connectivity index (χ1n) is 7.87. The van der Waals surface area contributed by atoms with Crippen LogP contribution in [0.5, 0.6) is 5.75 Å². The first-order chi connectivity index (χ1) is 12.5. The smallest absolute Gasteiger partial charge is 0.257 e. The fraction of sp³-hybridized carbons (Fsp3) is 0.222. The number of rotatable bonds is 7. The van der Waals surface area contributed by atoms with Gasteiger partial charge >= 0.3 is 0 Å². The van der Waals surface area contributed by atoms with Gasteiger partial charge in [-0.2, -0.15) is 0 Å². The Hall–Kier alpha value is -1.86. The Morgan fingerprint density at radius 1 is 1.08 bits per heavy atom. The average Bonchev–Trinajstić information content (AvgIpc) is 2.62. The third kappa shape index (κ3) is 6.46. The number of benzene rings is 2. The summed E-state index contributed by atoms with van der Waals surface area (Å²) in [6.45, 7) is 3.55. The summed E-state index contributed by atoms with van der Waals surface area (Å²) >= 11 is 16.9. The number of ether oxygens (including phenoxy) is 2. The summed E-state index contributed by atoms with van der Waals surface area (Å²) in [5.74, 6) is 0.334. The van der Waals surface area contributed by atoms with Gasteiger partial charge in [0.1, 0.15) is 12.4 Å². The van der Waals surface area contributed by atoms with Crippen LogP contribution in [0.4, 0.5) is 5.69 Å². The fourth-order valence-electron chi connectivity index (χ4n) is 1.98. The molecular weight excluding hydrogens is 395 g/mol. The van der Waals surface area contributed by atoms with Gasteiger partial charge < -0.3 is 14.8 Å². The van der Waals surface area contributed by atoms with Crippen molar-refractivity contribution < 1.29 is 14.3 Å². The Morgan fingerprint density at radius 2 is 1.81 bits per heavy atom. The predicted octanol–water partition coefficient (Wildman–Crippen LogP) is 4.54. The monoisotopic (exact) mass is 412 g/mol. The van der Waals surface area contributed by atoms with Crippen molar-refractivity contribution >= 4 is 52.1 Å². The number of carbonyl (C=O) groups excluding carboxylic acids is 1. The molecule has 0 aliphatic rings. The molecule has 0 radical (unpaired) electrons. The number of hydrogen-bond acceptors (Lipinski definition) is 4. The van der Waals surface area contributed by atoms with E-state index in [0.717, 1.165) is 0 Å². The minimum Gasteiger partial charge on any atom is -0.491 e. The van der Waals surface area contributed by atoms with Crippen molar-refractivity contribution in [2.24, 2.45) is 0 Å². The molecule has 2 aromatic rings. The van der Waals surface area contributed by atoms with Crippen LogP contribution in [0.15, 0.2) is 42.5 Å². The molecule has 0 saturated heterocycles. The number of hydrogen-bond donors (Lipinski definition) is 2. The minimum absolute atomic E-state index is 0.158. The Bertz CT molecular complexity index is 770. The van der Waals surface area contributed by atoms with Crippen LogP contribution in [0.2, 0.25) is 10.0 Å². The second-order valence-corrected chi connectivity index (χ2v) is 6.33. The Morgan fingerprint density at radius 3 is 2.46 bits per heavy atom. The van der Waals surface area contributed by atoms with E-state index < -0.39 is 0 Å². The van der Waals surface area contributed by atoms with Crippen molar-refractivity contribution in [1.29, 1.82) is 0 Å². The Kier molecular flexibility index (Phi) is 8.12. The molecule has 0 bridgehead atoms. The molecule has 0 aliphatic heterocycles. The summed E-state index contributed by atoms with van der Waals surface area (Å²) in [5.41, 5.74) is 1.09. The molecule has 0 atom stereocenters. The van der Waals surface area contributed by atoms with Gasteiger partial charge in [-0.05, 0) is 61.6 Å². The standard InChI is InChI=1S/C18H18Cl2N2O3S/c1-2-24-9-10-25-14-6-3-12(4-7-14)17(23)22-18(26)21-13-5-8-15(19)16(20)11-13/h3-8,11H,2,9-10H2,1H3,(H2,21,22,23,26). The van der Waals surface area contributed by atoms with Crippen molar-refractivity contribution in [3.05, 3.63) is 58.1 Å². The van der Waals surface area contributed by atoms with Gasteiger partial charge in [0.15, 0.2) is 5.11 Å². The molecule has 138 valence electrons. The summed E-state index contributed by atoms with van der Waals surface area (Å²) in [5, 5.41) is 6.47. The number of halogens is 2. The minimum atomic E-state index is -0.330. The van der Waals surface area contributed by atoms with E-state index in [4.69, 9.17) is 44.9 Å². The molecule has 0 unspecified atom stereocenters. The molecule has 2 N–H and O–H groups in total. The van der Waals surface area contributed by atoms with Crippen LogP contribution < -0.4 is 15.4 Å². The first kappa shape index (κ1) is 20.5. The molecule has 8 heteroatoms. The van der Waals surface area contributed by atoms with Crippen molar-refractivity contribution in [3.63, 3.8) is 0 Å². The molecule has 26 heavy (non-hydrogen) atoms. The molecule has 5 nitrogen and oxygen atoms in total. The molecule has 0 aromatic heterocycles. The summed E-state index contributed by atoms with van der Waals surface area (Å²) in [7, 11) is 0. The molecule has 0 fully saturated rings. The lowest BCUT2D eigenvalue weighted by atomic mass is 10.2. The zero-order valence-corrected chi connectivity index (χ0v) is 16.4. The maximum atomic E-state index is 12.2. The number of amides is 1. The molecular formula is C18H18Cl2N2O3S. The Balaban J connectivity index is 1.86. The number of nitrogens with one attached hydrogen (secondary N) is 2.